The summed E-state index contributed by atoms with van der Waals surface area (Å²) >= 11 is 0. The van der Waals surface area contributed by atoms with Crippen molar-refractivity contribution in [2.75, 3.05) is 19.7 Å². The molecule has 0 N–H and O–H groups in total. The monoisotopic (exact) mass is 361 g/mol. The van der Waals surface area contributed by atoms with E-state index in [0.29, 0.717) is 30.5 Å². The number of benzene rings is 1. The number of hydrogen-bond acceptors (Lipinski definition) is 6. The molecular formula is C17H19N3O4S. The van der Waals surface area contributed by atoms with Crippen molar-refractivity contribution >= 4 is 10.0 Å². The summed E-state index contributed by atoms with van der Waals surface area (Å²) in [4.78, 5) is 8.38. The summed E-state index contributed by atoms with van der Waals surface area (Å²) < 4.78 is 38.7. The molecule has 7 nitrogen and oxygen atoms in total. The first kappa shape index (κ1) is 16.3. The maximum Gasteiger partial charge on any atom is 0.243 e. The van der Waals surface area contributed by atoms with Crippen molar-refractivity contribution in [2.24, 2.45) is 0 Å². The third-order valence-electron chi connectivity index (χ3n) is 4.47. The molecule has 1 atom stereocenters. The third-order valence-corrected chi connectivity index (χ3v) is 6.33. The van der Waals surface area contributed by atoms with E-state index in [9.17, 15) is 8.42 Å². The van der Waals surface area contributed by atoms with Gasteiger partial charge in [0.05, 0.1) is 24.2 Å². The standard InChI is InChI=1S/C17H19N3O4S/c21-25(22,15-3-4-16-13(10-15)5-9-23-16)20-8-1-2-14(12-20)24-17-11-18-6-7-19-17/h3-4,6-7,10-11,14H,1-2,5,8-9,12H2. The van der Waals surface area contributed by atoms with Gasteiger partial charge in [-0.05, 0) is 36.6 Å². The molecule has 2 aliphatic rings. The molecule has 8 heteroatoms. The fourth-order valence-corrected chi connectivity index (χ4v) is 4.77. The molecule has 0 saturated carbocycles. The number of nitrogens with zero attached hydrogens (tertiary/aromatic N) is 3. The second kappa shape index (κ2) is 6.61. The van der Waals surface area contributed by atoms with Crippen molar-refractivity contribution in [3.63, 3.8) is 0 Å². The highest BCUT2D eigenvalue weighted by atomic mass is 32.2. The topological polar surface area (TPSA) is 81.6 Å². The van der Waals surface area contributed by atoms with E-state index in [1.807, 2.05) is 0 Å². The lowest BCUT2D eigenvalue weighted by molar-refractivity contribution is 0.124. The van der Waals surface area contributed by atoms with Crippen LogP contribution in [0.1, 0.15) is 18.4 Å². The van der Waals surface area contributed by atoms with Gasteiger partial charge in [0.25, 0.3) is 0 Å². The SMILES string of the molecule is O=S(=O)(c1ccc2c(c1)CCO2)N1CCCC(Oc2cnccn2)C1. The van der Waals surface area contributed by atoms with E-state index in [0.717, 1.165) is 30.6 Å². The van der Waals surface area contributed by atoms with Gasteiger partial charge < -0.3 is 9.47 Å². The average molecular weight is 361 g/mol. The minimum atomic E-state index is -3.55. The Morgan fingerprint density at radius 3 is 3.04 bits per heavy atom. The van der Waals surface area contributed by atoms with Crippen molar-refractivity contribution in [3.8, 4) is 11.6 Å². The largest absolute Gasteiger partial charge is 0.493 e. The Morgan fingerprint density at radius 2 is 2.20 bits per heavy atom. The number of fused-ring (bicyclic) bond motifs is 1. The lowest BCUT2D eigenvalue weighted by Crippen LogP contribution is -2.44. The molecule has 1 unspecified atom stereocenters. The lowest BCUT2D eigenvalue weighted by Gasteiger charge is -2.31. The molecule has 1 fully saturated rings. The van der Waals surface area contributed by atoms with E-state index in [1.54, 1.807) is 30.6 Å². The van der Waals surface area contributed by atoms with Crippen LogP contribution in [-0.2, 0) is 16.4 Å². The van der Waals surface area contributed by atoms with E-state index >= 15 is 0 Å². The van der Waals surface area contributed by atoms with Gasteiger partial charge in [0.15, 0.2) is 0 Å². The summed E-state index contributed by atoms with van der Waals surface area (Å²) in [6, 6.07) is 5.09. The molecule has 0 radical (unpaired) electrons. The number of aromatic nitrogens is 2. The normalized spacial score (nSPS) is 20.7. The Hall–Kier alpha value is -2.19. The van der Waals surface area contributed by atoms with Gasteiger partial charge in [-0.25, -0.2) is 13.4 Å². The van der Waals surface area contributed by atoms with E-state index in [2.05, 4.69) is 9.97 Å². The summed E-state index contributed by atoms with van der Waals surface area (Å²) in [5.74, 6) is 1.20. The maximum absolute atomic E-state index is 13.0. The van der Waals surface area contributed by atoms with Crippen molar-refractivity contribution in [2.45, 2.75) is 30.3 Å². The van der Waals surface area contributed by atoms with Crippen LogP contribution in [0.15, 0.2) is 41.7 Å². The average Bonchev–Trinajstić information content (AvgIpc) is 3.10. The molecule has 0 aliphatic carbocycles. The fourth-order valence-electron chi connectivity index (χ4n) is 3.21. The van der Waals surface area contributed by atoms with Gasteiger partial charge in [0, 0.05) is 25.4 Å². The van der Waals surface area contributed by atoms with Crippen LogP contribution in [0, 0.1) is 0 Å². The predicted molar refractivity (Wildman–Crippen MR) is 90.1 cm³/mol. The number of sulfonamides is 1. The molecule has 0 bridgehead atoms. The lowest BCUT2D eigenvalue weighted by atomic mass is 10.1. The van der Waals surface area contributed by atoms with Crippen LogP contribution in [0.4, 0.5) is 0 Å². The number of piperidine rings is 1. The van der Waals surface area contributed by atoms with Gasteiger partial charge in [-0.15, -0.1) is 0 Å². The minimum Gasteiger partial charge on any atom is -0.493 e. The number of hydrogen-bond donors (Lipinski definition) is 0. The molecule has 0 spiro atoms. The van der Waals surface area contributed by atoms with Gasteiger partial charge in [0.1, 0.15) is 11.9 Å². The van der Waals surface area contributed by atoms with Crippen LogP contribution in [0.3, 0.4) is 0 Å². The highest BCUT2D eigenvalue weighted by Gasteiger charge is 2.32. The highest BCUT2D eigenvalue weighted by molar-refractivity contribution is 7.89. The summed E-state index contributed by atoms with van der Waals surface area (Å²) in [7, 11) is -3.55. The molecule has 25 heavy (non-hydrogen) atoms. The summed E-state index contributed by atoms with van der Waals surface area (Å²) in [5, 5.41) is 0. The Balaban J connectivity index is 1.52. The van der Waals surface area contributed by atoms with Crippen LogP contribution in [0.2, 0.25) is 0 Å². The zero-order chi connectivity index (χ0) is 17.3. The van der Waals surface area contributed by atoms with Gasteiger partial charge >= 0.3 is 0 Å². The molecule has 132 valence electrons. The number of rotatable bonds is 4. The van der Waals surface area contributed by atoms with Gasteiger partial charge in [-0.3, -0.25) is 4.98 Å². The third kappa shape index (κ3) is 3.32. The first-order valence-corrected chi connectivity index (χ1v) is 9.75. The first-order valence-electron chi connectivity index (χ1n) is 8.31. The van der Waals surface area contributed by atoms with Crippen molar-refractivity contribution in [3.05, 3.63) is 42.4 Å². The molecule has 1 saturated heterocycles. The van der Waals surface area contributed by atoms with E-state index in [1.165, 1.54) is 10.5 Å². The Labute approximate surface area is 146 Å². The van der Waals surface area contributed by atoms with Crippen molar-refractivity contribution in [1.82, 2.24) is 14.3 Å². The van der Waals surface area contributed by atoms with E-state index in [4.69, 9.17) is 9.47 Å². The molecule has 0 amide bonds. The quantitative estimate of drug-likeness (QED) is 0.823. The highest BCUT2D eigenvalue weighted by Crippen LogP contribution is 2.30. The maximum atomic E-state index is 13.0. The molecule has 3 heterocycles. The van der Waals surface area contributed by atoms with Crippen molar-refractivity contribution < 1.29 is 17.9 Å². The Morgan fingerprint density at radius 1 is 1.28 bits per heavy atom. The Kier molecular flexibility index (Phi) is 4.30. The van der Waals surface area contributed by atoms with Gasteiger partial charge in [-0.2, -0.15) is 4.31 Å². The van der Waals surface area contributed by atoms with Gasteiger partial charge in [-0.1, -0.05) is 0 Å². The van der Waals surface area contributed by atoms with Crippen LogP contribution in [0.5, 0.6) is 11.6 Å². The molecule has 2 aromatic rings. The van der Waals surface area contributed by atoms with E-state index < -0.39 is 10.0 Å². The first-order chi connectivity index (χ1) is 12.1. The fraction of sp³-hybridized carbons (Fsp3) is 0.412. The molecule has 2 aliphatic heterocycles. The van der Waals surface area contributed by atoms with Crippen LogP contribution < -0.4 is 9.47 Å². The van der Waals surface area contributed by atoms with Crippen molar-refractivity contribution in [1.29, 1.82) is 0 Å². The molecular weight excluding hydrogens is 342 g/mol. The smallest absolute Gasteiger partial charge is 0.243 e. The summed E-state index contributed by atoms with van der Waals surface area (Å²) in [6.45, 7) is 1.42. The Bertz CT molecular complexity index is 857. The molecule has 1 aromatic carbocycles. The van der Waals surface area contributed by atoms with Crippen LogP contribution >= 0.6 is 0 Å². The predicted octanol–water partition coefficient (Wildman–Crippen LogP) is 1.64. The van der Waals surface area contributed by atoms with E-state index in [-0.39, 0.29) is 6.10 Å². The minimum absolute atomic E-state index is 0.224. The summed E-state index contributed by atoms with van der Waals surface area (Å²) in [5.41, 5.74) is 0.949. The number of ether oxygens (including phenoxy) is 2. The second-order valence-electron chi connectivity index (χ2n) is 6.16. The zero-order valence-electron chi connectivity index (χ0n) is 13.7. The molecule has 4 rings (SSSR count). The zero-order valence-corrected chi connectivity index (χ0v) is 14.5. The van der Waals surface area contributed by atoms with Gasteiger partial charge in [0.2, 0.25) is 15.9 Å². The van der Waals surface area contributed by atoms with Crippen LogP contribution in [-0.4, -0.2) is 48.5 Å². The van der Waals surface area contributed by atoms with Crippen LogP contribution in [0.25, 0.3) is 0 Å². The second-order valence-corrected chi connectivity index (χ2v) is 8.09. The summed E-state index contributed by atoms with van der Waals surface area (Å²) in [6.07, 6.45) is 6.73. The molecule has 1 aromatic heterocycles.